The first-order chi connectivity index (χ1) is 12.1. The van der Waals surface area contributed by atoms with Gasteiger partial charge in [0.25, 0.3) is 0 Å². The Bertz CT molecular complexity index is 656. The van der Waals surface area contributed by atoms with Crippen LogP contribution in [0.3, 0.4) is 0 Å². The summed E-state index contributed by atoms with van der Waals surface area (Å²) in [6, 6.07) is 17.3. The second-order valence-corrected chi connectivity index (χ2v) is 8.14. The summed E-state index contributed by atoms with van der Waals surface area (Å²) in [6.45, 7) is 0. The van der Waals surface area contributed by atoms with Crippen molar-refractivity contribution in [3.05, 3.63) is 69.7 Å². The van der Waals surface area contributed by atoms with Gasteiger partial charge in [-0.2, -0.15) is 0 Å². The standard InChI is InChI=1S/C21H23Cl2NO/c1-24-18-10-11-19(24)13-20(12-18)25-21(14-2-6-16(22)7-3-14)15-4-8-17(23)9-5-15/h2-9,18-21H,10-13H2,1H3/t18-,19+,20?. The summed E-state index contributed by atoms with van der Waals surface area (Å²) in [4.78, 5) is 2.54. The van der Waals surface area contributed by atoms with Gasteiger partial charge in [0.05, 0.1) is 6.10 Å². The molecule has 4 heteroatoms. The fraction of sp³-hybridized carbons (Fsp3) is 0.429. The zero-order valence-electron chi connectivity index (χ0n) is 14.4. The minimum atomic E-state index is -0.0812. The zero-order chi connectivity index (χ0) is 17.4. The number of fused-ring (bicyclic) bond motifs is 2. The normalized spacial score (nSPS) is 26.3. The molecule has 2 aliphatic heterocycles. The van der Waals surface area contributed by atoms with E-state index < -0.39 is 0 Å². The van der Waals surface area contributed by atoms with Gasteiger partial charge in [-0.1, -0.05) is 47.5 Å². The van der Waals surface area contributed by atoms with Gasteiger partial charge in [0.15, 0.2) is 0 Å². The van der Waals surface area contributed by atoms with Crippen LogP contribution in [0.25, 0.3) is 0 Å². The van der Waals surface area contributed by atoms with Crippen LogP contribution < -0.4 is 0 Å². The van der Waals surface area contributed by atoms with E-state index in [2.05, 4.69) is 36.2 Å². The van der Waals surface area contributed by atoms with Gasteiger partial charge in [0, 0.05) is 22.1 Å². The molecule has 25 heavy (non-hydrogen) atoms. The highest BCUT2D eigenvalue weighted by atomic mass is 35.5. The molecule has 0 spiro atoms. The molecule has 132 valence electrons. The molecule has 2 aromatic rings. The van der Waals surface area contributed by atoms with Gasteiger partial charge in [-0.05, 0) is 68.1 Å². The van der Waals surface area contributed by atoms with Crippen molar-refractivity contribution in [2.75, 3.05) is 7.05 Å². The average molecular weight is 376 g/mol. The second-order valence-electron chi connectivity index (χ2n) is 7.26. The summed E-state index contributed by atoms with van der Waals surface area (Å²) in [5.41, 5.74) is 2.27. The molecule has 2 heterocycles. The van der Waals surface area contributed by atoms with E-state index in [1.807, 2.05) is 24.3 Å². The van der Waals surface area contributed by atoms with Crippen LogP contribution in [0.1, 0.15) is 42.9 Å². The number of hydrogen-bond donors (Lipinski definition) is 0. The summed E-state index contributed by atoms with van der Waals surface area (Å²) in [7, 11) is 2.26. The lowest BCUT2D eigenvalue weighted by Crippen LogP contribution is -2.43. The Balaban J connectivity index is 1.59. The molecule has 2 saturated heterocycles. The Labute approximate surface area is 159 Å². The zero-order valence-corrected chi connectivity index (χ0v) is 15.9. The number of hydrogen-bond acceptors (Lipinski definition) is 2. The smallest absolute Gasteiger partial charge is 0.108 e. The number of nitrogens with zero attached hydrogens (tertiary/aromatic N) is 1. The molecule has 2 fully saturated rings. The number of halogens is 2. The monoisotopic (exact) mass is 375 g/mol. The van der Waals surface area contributed by atoms with Crippen molar-refractivity contribution >= 4 is 23.2 Å². The van der Waals surface area contributed by atoms with Crippen LogP contribution >= 0.6 is 23.2 Å². The summed E-state index contributed by atoms with van der Waals surface area (Å²) in [5.74, 6) is 0. The Morgan fingerprint density at radius 3 is 1.72 bits per heavy atom. The number of rotatable bonds is 4. The third-order valence-electron chi connectivity index (χ3n) is 5.73. The van der Waals surface area contributed by atoms with Gasteiger partial charge < -0.3 is 9.64 Å². The predicted molar refractivity (Wildman–Crippen MR) is 103 cm³/mol. The Morgan fingerprint density at radius 1 is 0.840 bits per heavy atom. The highest BCUT2D eigenvalue weighted by molar-refractivity contribution is 6.30. The van der Waals surface area contributed by atoms with Crippen molar-refractivity contribution in [1.29, 1.82) is 0 Å². The van der Waals surface area contributed by atoms with E-state index >= 15 is 0 Å². The number of ether oxygens (including phenoxy) is 1. The van der Waals surface area contributed by atoms with Gasteiger partial charge in [-0.25, -0.2) is 0 Å². The van der Waals surface area contributed by atoms with Crippen molar-refractivity contribution in [3.8, 4) is 0 Å². The molecular formula is C21H23Cl2NO. The van der Waals surface area contributed by atoms with Crippen molar-refractivity contribution in [2.45, 2.75) is 50.0 Å². The van der Waals surface area contributed by atoms with Crippen molar-refractivity contribution in [2.24, 2.45) is 0 Å². The van der Waals surface area contributed by atoms with Crippen LogP contribution in [0.2, 0.25) is 10.0 Å². The molecule has 1 unspecified atom stereocenters. The molecule has 0 aliphatic carbocycles. The minimum Gasteiger partial charge on any atom is -0.365 e. The van der Waals surface area contributed by atoms with E-state index in [1.165, 1.54) is 12.8 Å². The lowest BCUT2D eigenvalue weighted by Gasteiger charge is -2.38. The number of benzene rings is 2. The van der Waals surface area contributed by atoms with Gasteiger partial charge in [-0.15, -0.1) is 0 Å². The van der Waals surface area contributed by atoms with Crippen molar-refractivity contribution in [3.63, 3.8) is 0 Å². The molecule has 0 saturated carbocycles. The van der Waals surface area contributed by atoms with Gasteiger partial charge in [0.1, 0.15) is 6.10 Å². The van der Waals surface area contributed by atoms with Crippen molar-refractivity contribution < 1.29 is 4.74 Å². The van der Waals surface area contributed by atoms with Crippen LogP contribution in [-0.4, -0.2) is 30.1 Å². The molecule has 0 amide bonds. The number of piperidine rings is 1. The third-order valence-corrected chi connectivity index (χ3v) is 6.23. The summed E-state index contributed by atoms with van der Waals surface area (Å²) in [5, 5.41) is 1.49. The fourth-order valence-electron chi connectivity index (χ4n) is 4.29. The maximum atomic E-state index is 6.66. The largest absolute Gasteiger partial charge is 0.365 e. The van der Waals surface area contributed by atoms with Gasteiger partial charge >= 0.3 is 0 Å². The summed E-state index contributed by atoms with van der Waals surface area (Å²) >= 11 is 12.1. The lowest BCUT2D eigenvalue weighted by molar-refractivity contribution is -0.0426. The molecule has 2 aliphatic rings. The maximum Gasteiger partial charge on any atom is 0.108 e. The molecule has 0 aromatic heterocycles. The average Bonchev–Trinajstić information content (AvgIpc) is 2.83. The first kappa shape index (κ1) is 17.4. The second kappa shape index (κ2) is 7.28. The van der Waals surface area contributed by atoms with Crippen LogP contribution in [0, 0.1) is 0 Å². The predicted octanol–water partition coefficient (Wildman–Crippen LogP) is 5.72. The van der Waals surface area contributed by atoms with Crippen LogP contribution in [0.5, 0.6) is 0 Å². The summed E-state index contributed by atoms with van der Waals surface area (Å²) in [6.07, 6.45) is 5.05. The Morgan fingerprint density at radius 2 is 1.28 bits per heavy atom. The van der Waals surface area contributed by atoms with Crippen LogP contribution in [0.4, 0.5) is 0 Å². The Hall–Kier alpha value is -1.06. The summed E-state index contributed by atoms with van der Waals surface area (Å²) < 4.78 is 6.66. The lowest BCUT2D eigenvalue weighted by atomic mass is 9.97. The first-order valence-corrected chi connectivity index (χ1v) is 9.74. The molecule has 3 atom stereocenters. The quantitative estimate of drug-likeness (QED) is 0.676. The van der Waals surface area contributed by atoms with E-state index in [0.717, 1.165) is 34.0 Å². The molecule has 4 rings (SSSR count). The Kier molecular flexibility index (Phi) is 5.06. The molecule has 0 radical (unpaired) electrons. The molecule has 2 aromatic carbocycles. The van der Waals surface area contributed by atoms with E-state index in [4.69, 9.17) is 27.9 Å². The minimum absolute atomic E-state index is 0.0812. The molecular weight excluding hydrogens is 353 g/mol. The van der Waals surface area contributed by atoms with Gasteiger partial charge in [0.2, 0.25) is 0 Å². The molecule has 2 bridgehead atoms. The van der Waals surface area contributed by atoms with E-state index in [9.17, 15) is 0 Å². The van der Waals surface area contributed by atoms with Crippen LogP contribution in [-0.2, 0) is 4.74 Å². The van der Waals surface area contributed by atoms with Crippen molar-refractivity contribution in [1.82, 2.24) is 4.90 Å². The highest BCUT2D eigenvalue weighted by Crippen LogP contribution is 2.39. The fourth-order valence-corrected chi connectivity index (χ4v) is 4.54. The van der Waals surface area contributed by atoms with E-state index in [-0.39, 0.29) is 6.10 Å². The first-order valence-electron chi connectivity index (χ1n) is 8.98. The highest BCUT2D eigenvalue weighted by Gasteiger charge is 2.39. The molecule has 2 nitrogen and oxygen atoms in total. The van der Waals surface area contributed by atoms with E-state index in [0.29, 0.717) is 18.2 Å². The third kappa shape index (κ3) is 3.73. The van der Waals surface area contributed by atoms with E-state index in [1.54, 1.807) is 0 Å². The topological polar surface area (TPSA) is 12.5 Å². The SMILES string of the molecule is CN1[C@@H]2CC[C@H]1CC(OC(c1ccc(Cl)cc1)c1ccc(Cl)cc1)C2. The maximum absolute atomic E-state index is 6.66. The molecule has 0 N–H and O–H groups in total. The van der Waals surface area contributed by atoms with Gasteiger partial charge in [-0.3, -0.25) is 0 Å². The van der Waals surface area contributed by atoms with Crippen LogP contribution in [0.15, 0.2) is 48.5 Å².